The molecule has 1 N–H and O–H groups in total. The predicted octanol–water partition coefficient (Wildman–Crippen LogP) is 4.73. The van der Waals surface area contributed by atoms with E-state index in [2.05, 4.69) is 10.1 Å². The highest BCUT2D eigenvalue weighted by Gasteiger charge is 2.47. The molecule has 0 bridgehead atoms. The molecule has 8 heteroatoms. The molecule has 0 saturated heterocycles. The van der Waals surface area contributed by atoms with Crippen LogP contribution in [0.25, 0.3) is 0 Å². The number of hydrogen-bond donors (Lipinski definition) is 1. The second-order valence-electron chi connectivity index (χ2n) is 6.27. The number of alkyl halides is 5. The van der Waals surface area contributed by atoms with Crippen molar-refractivity contribution in [2.45, 2.75) is 31.7 Å². The van der Waals surface area contributed by atoms with E-state index >= 15 is 0 Å². The quantitative estimate of drug-likeness (QED) is 0.731. The molecule has 1 amide bonds. The minimum atomic E-state index is -4.46. The molecule has 1 aliphatic rings. The molecule has 0 aromatic heterocycles. The molecule has 3 nitrogen and oxygen atoms in total. The van der Waals surface area contributed by atoms with E-state index in [1.807, 2.05) is 0 Å². The zero-order chi connectivity index (χ0) is 19.6. The van der Waals surface area contributed by atoms with Crippen molar-refractivity contribution < 1.29 is 31.5 Å². The third-order valence-corrected chi connectivity index (χ3v) is 4.41. The van der Waals surface area contributed by atoms with E-state index in [9.17, 15) is 26.7 Å². The molecule has 1 aliphatic carbocycles. The van der Waals surface area contributed by atoms with Crippen LogP contribution in [-0.4, -0.2) is 12.5 Å². The predicted molar refractivity (Wildman–Crippen MR) is 87.2 cm³/mol. The zero-order valence-corrected chi connectivity index (χ0v) is 14.0. The van der Waals surface area contributed by atoms with E-state index in [1.165, 1.54) is 42.5 Å². The molecular formula is C19H16F5NO2. The van der Waals surface area contributed by atoms with Gasteiger partial charge < -0.3 is 10.1 Å². The number of halogens is 5. The summed E-state index contributed by atoms with van der Waals surface area (Å²) in [6, 6.07) is 11.0. The first-order valence-corrected chi connectivity index (χ1v) is 8.23. The summed E-state index contributed by atoms with van der Waals surface area (Å²) in [4.78, 5) is 12.2. The van der Waals surface area contributed by atoms with E-state index in [1.54, 1.807) is 0 Å². The number of carbonyl (C=O) groups excluding carboxylic acids is 1. The van der Waals surface area contributed by atoms with Crippen molar-refractivity contribution in [3.63, 3.8) is 0 Å². The molecule has 2 aromatic carbocycles. The van der Waals surface area contributed by atoms with Crippen molar-refractivity contribution >= 4 is 5.91 Å². The Hall–Kier alpha value is -2.64. The summed E-state index contributed by atoms with van der Waals surface area (Å²) in [5.41, 5.74) is 0.0939. The number of hydrogen-bond acceptors (Lipinski definition) is 2. The fourth-order valence-electron chi connectivity index (χ4n) is 3.02. The molecule has 27 heavy (non-hydrogen) atoms. The van der Waals surface area contributed by atoms with Crippen molar-refractivity contribution in [3.8, 4) is 5.75 Å². The SMILES string of the molecule is O=C(NCc1ccc(OC(F)F)cc1)C1CC1c1ccccc1C(F)(F)F. The van der Waals surface area contributed by atoms with Gasteiger partial charge in [-0.15, -0.1) is 0 Å². The summed E-state index contributed by atoms with van der Waals surface area (Å²) in [5.74, 6) is -1.28. The Morgan fingerprint density at radius 3 is 2.41 bits per heavy atom. The first-order chi connectivity index (χ1) is 12.8. The van der Waals surface area contributed by atoms with E-state index in [0.717, 1.165) is 6.07 Å². The van der Waals surface area contributed by atoms with Crippen molar-refractivity contribution in [1.82, 2.24) is 5.32 Å². The van der Waals surface area contributed by atoms with Crippen LogP contribution in [0.3, 0.4) is 0 Å². The van der Waals surface area contributed by atoms with Crippen LogP contribution in [0.15, 0.2) is 48.5 Å². The lowest BCUT2D eigenvalue weighted by atomic mass is 10.0. The van der Waals surface area contributed by atoms with Gasteiger partial charge in [-0.2, -0.15) is 22.0 Å². The fourth-order valence-corrected chi connectivity index (χ4v) is 3.02. The molecule has 0 heterocycles. The molecule has 0 radical (unpaired) electrons. The van der Waals surface area contributed by atoms with Crippen LogP contribution in [0, 0.1) is 5.92 Å². The van der Waals surface area contributed by atoms with Gasteiger partial charge in [0.1, 0.15) is 5.75 Å². The largest absolute Gasteiger partial charge is 0.435 e. The third-order valence-electron chi connectivity index (χ3n) is 4.41. The molecule has 1 fully saturated rings. The van der Waals surface area contributed by atoms with Gasteiger partial charge in [-0.3, -0.25) is 4.79 Å². The van der Waals surface area contributed by atoms with Crippen LogP contribution in [0.2, 0.25) is 0 Å². The standard InChI is InChI=1S/C19H16F5NO2/c20-18(21)27-12-7-5-11(6-8-12)10-25-17(26)15-9-14(15)13-3-1-2-4-16(13)19(22,23)24/h1-8,14-15,18H,9-10H2,(H,25,26). The van der Waals surface area contributed by atoms with Crippen molar-refractivity contribution in [1.29, 1.82) is 0 Å². The van der Waals surface area contributed by atoms with Crippen molar-refractivity contribution in [3.05, 3.63) is 65.2 Å². The van der Waals surface area contributed by atoms with Gasteiger partial charge in [0.05, 0.1) is 5.56 Å². The summed E-state index contributed by atoms with van der Waals surface area (Å²) >= 11 is 0. The number of carbonyl (C=O) groups is 1. The van der Waals surface area contributed by atoms with Gasteiger partial charge in [-0.25, -0.2) is 0 Å². The number of nitrogens with one attached hydrogen (secondary N) is 1. The summed E-state index contributed by atoms with van der Waals surface area (Å²) in [6.07, 6.45) is -4.09. The highest BCUT2D eigenvalue weighted by atomic mass is 19.4. The van der Waals surface area contributed by atoms with Crippen molar-refractivity contribution in [2.75, 3.05) is 0 Å². The summed E-state index contributed by atoms with van der Waals surface area (Å²) in [7, 11) is 0. The van der Waals surface area contributed by atoms with Gasteiger partial charge in [-0.1, -0.05) is 30.3 Å². The summed E-state index contributed by atoms with van der Waals surface area (Å²) in [5, 5.41) is 2.67. The lowest BCUT2D eigenvalue weighted by molar-refractivity contribution is -0.138. The maximum Gasteiger partial charge on any atom is 0.416 e. The van der Waals surface area contributed by atoms with Crippen LogP contribution >= 0.6 is 0 Å². The smallest absolute Gasteiger partial charge is 0.416 e. The lowest BCUT2D eigenvalue weighted by Gasteiger charge is -2.12. The summed E-state index contributed by atoms with van der Waals surface area (Å²) < 4.78 is 67.7. The molecule has 3 rings (SSSR count). The maximum absolute atomic E-state index is 13.1. The highest BCUT2D eigenvalue weighted by molar-refractivity contribution is 5.83. The number of benzene rings is 2. The van der Waals surface area contributed by atoms with Crippen LogP contribution in [0.1, 0.15) is 29.0 Å². The number of rotatable bonds is 6. The minimum Gasteiger partial charge on any atom is -0.435 e. The van der Waals surface area contributed by atoms with E-state index < -0.39 is 30.2 Å². The van der Waals surface area contributed by atoms with E-state index in [0.29, 0.717) is 12.0 Å². The van der Waals surface area contributed by atoms with E-state index in [-0.39, 0.29) is 23.8 Å². The first kappa shape index (κ1) is 19.1. The molecule has 1 saturated carbocycles. The Kier molecular flexibility index (Phi) is 5.34. The van der Waals surface area contributed by atoms with Gasteiger partial charge in [0.25, 0.3) is 0 Å². The summed E-state index contributed by atoms with van der Waals surface area (Å²) in [6.45, 7) is -2.76. The Morgan fingerprint density at radius 2 is 1.78 bits per heavy atom. The average molecular weight is 385 g/mol. The molecular weight excluding hydrogens is 369 g/mol. The topological polar surface area (TPSA) is 38.3 Å². The Labute approximate surface area is 152 Å². The zero-order valence-electron chi connectivity index (χ0n) is 14.0. The average Bonchev–Trinajstić information content (AvgIpc) is 3.40. The normalized spacial score (nSPS) is 19.0. The number of ether oxygens (including phenoxy) is 1. The molecule has 144 valence electrons. The second kappa shape index (κ2) is 7.54. The van der Waals surface area contributed by atoms with E-state index in [4.69, 9.17) is 0 Å². The van der Waals surface area contributed by atoms with Crippen molar-refractivity contribution in [2.24, 2.45) is 5.92 Å². The molecule has 0 spiro atoms. The van der Waals surface area contributed by atoms with Gasteiger partial charge >= 0.3 is 12.8 Å². The number of amides is 1. The van der Waals surface area contributed by atoms with Gasteiger partial charge in [0.2, 0.25) is 5.91 Å². The highest BCUT2D eigenvalue weighted by Crippen LogP contribution is 2.51. The molecule has 2 unspecified atom stereocenters. The Morgan fingerprint density at radius 1 is 1.11 bits per heavy atom. The first-order valence-electron chi connectivity index (χ1n) is 8.23. The molecule has 0 aliphatic heterocycles. The molecule has 2 aromatic rings. The molecule has 2 atom stereocenters. The van der Waals surface area contributed by atoms with Gasteiger partial charge in [0.15, 0.2) is 0 Å². The van der Waals surface area contributed by atoms with Gasteiger partial charge in [-0.05, 0) is 41.7 Å². The van der Waals surface area contributed by atoms with Crippen LogP contribution in [-0.2, 0) is 17.5 Å². The third kappa shape index (κ3) is 4.75. The Balaban J connectivity index is 1.57. The fraction of sp³-hybridized carbons (Fsp3) is 0.316. The second-order valence-corrected chi connectivity index (χ2v) is 6.27. The Bertz CT molecular complexity index is 804. The van der Waals surface area contributed by atoms with Gasteiger partial charge in [0, 0.05) is 12.5 Å². The lowest BCUT2D eigenvalue weighted by Crippen LogP contribution is -2.25. The van der Waals surface area contributed by atoms with Crippen LogP contribution < -0.4 is 10.1 Å². The maximum atomic E-state index is 13.1. The van der Waals surface area contributed by atoms with Crippen LogP contribution in [0.4, 0.5) is 22.0 Å². The van der Waals surface area contributed by atoms with Crippen LogP contribution in [0.5, 0.6) is 5.75 Å². The monoisotopic (exact) mass is 385 g/mol. The minimum absolute atomic E-state index is 0.00564.